The normalized spacial score (nSPS) is 11.8. The van der Waals surface area contributed by atoms with Crippen LogP contribution in [0.15, 0.2) is 38.5 Å². The molecule has 0 unspecified atom stereocenters. The number of benzene rings is 1. The Balaban J connectivity index is 2.36. The quantitative estimate of drug-likeness (QED) is 0.615. The van der Waals surface area contributed by atoms with Crippen LogP contribution in [-0.4, -0.2) is 22.2 Å². The van der Waals surface area contributed by atoms with Gasteiger partial charge in [0.1, 0.15) is 17.6 Å². The number of nitrogens with zero attached hydrogens (tertiary/aromatic N) is 2. The third-order valence-corrected chi connectivity index (χ3v) is 4.16. The zero-order valence-corrected chi connectivity index (χ0v) is 14.5. The number of rotatable bonds is 2. The Bertz CT molecular complexity index is 1190. The molecule has 2 aromatic heterocycles. The van der Waals surface area contributed by atoms with Crippen LogP contribution in [0.3, 0.4) is 0 Å². The van der Waals surface area contributed by atoms with Crippen LogP contribution >= 0.6 is 11.6 Å². The summed E-state index contributed by atoms with van der Waals surface area (Å²) in [5, 5.41) is 0.0813. The van der Waals surface area contributed by atoms with Gasteiger partial charge < -0.3 is 9.15 Å². The number of esters is 1. The van der Waals surface area contributed by atoms with Gasteiger partial charge in [0.25, 0.3) is 5.56 Å². The number of carbonyl (C=O) groups is 1. The predicted molar refractivity (Wildman–Crippen MR) is 88.4 cm³/mol. The summed E-state index contributed by atoms with van der Waals surface area (Å²) in [4.78, 5) is 36.4. The first-order valence-electron chi connectivity index (χ1n) is 7.26. The standard InChI is InChI=1S/C16H10ClF3N2O5/c1-21-11(16(18,19)20)5-12(23)22(15(21)25)10-6-27-13-8(10)3-7(4-9(13)17)14(24)26-2/h3-6H,1-2H3. The van der Waals surface area contributed by atoms with Crippen molar-refractivity contribution in [2.24, 2.45) is 7.05 Å². The Morgan fingerprint density at radius 1 is 1.22 bits per heavy atom. The molecule has 0 saturated heterocycles. The van der Waals surface area contributed by atoms with Crippen LogP contribution in [-0.2, 0) is 18.0 Å². The second-order valence-corrected chi connectivity index (χ2v) is 5.90. The summed E-state index contributed by atoms with van der Waals surface area (Å²) >= 11 is 6.04. The maximum atomic E-state index is 13.0. The maximum absolute atomic E-state index is 13.0. The highest BCUT2D eigenvalue weighted by Gasteiger charge is 2.35. The number of hydrogen-bond donors (Lipinski definition) is 0. The van der Waals surface area contributed by atoms with Crippen molar-refractivity contribution in [1.29, 1.82) is 0 Å². The summed E-state index contributed by atoms with van der Waals surface area (Å²) < 4.78 is 49.5. The molecule has 3 rings (SSSR count). The lowest BCUT2D eigenvalue weighted by Crippen LogP contribution is -2.40. The zero-order chi connectivity index (χ0) is 20.1. The van der Waals surface area contributed by atoms with E-state index in [0.717, 1.165) is 20.4 Å². The first-order valence-corrected chi connectivity index (χ1v) is 7.63. The van der Waals surface area contributed by atoms with Gasteiger partial charge in [-0.15, -0.1) is 0 Å². The molecule has 0 aliphatic carbocycles. The Kier molecular flexibility index (Phi) is 4.38. The van der Waals surface area contributed by atoms with Gasteiger partial charge >= 0.3 is 17.8 Å². The molecular formula is C16H10ClF3N2O5. The third-order valence-electron chi connectivity index (χ3n) is 3.88. The van der Waals surface area contributed by atoms with E-state index in [0.29, 0.717) is 15.2 Å². The minimum Gasteiger partial charge on any atom is -0.465 e. The van der Waals surface area contributed by atoms with Crippen LogP contribution in [0.1, 0.15) is 16.1 Å². The predicted octanol–water partition coefficient (Wildman–Crippen LogP) is 2.74. The fraction of sp³-hybridized carbons (Fsp3) is 0.188. The van der Waals surface area contributed by atoms with Crippen LogP contribution in [0.5, 0.6) is 0 Å². The van der Waals surface area contributed by atoms with E-state index >= 15 is 0 Å². The molecule has 7 nitrogen and oxygen atoms in total. The van der Waals surface area contributed by atoms with Crippen molar-refractivity contribution >= 4 is 28.5 Å². The van der Waals surface area contributed by atoms with Gasteiger partial charge in [-0.05, 0) is 12.1 Å². The molecule has 0 saturated carbocycles. The van der Waals surface area contributed by atoms with Crippen LogP contribution in [0.4, 0.5) is 13.2 Å². The summed E-state index contributed by atoms with van der Waals surface area (Å²) in [5.41, 5.74) is -3.95. The number of alkyl halides is 3. The molecule has 0 aliphatic rings. The molecule has 11 heteroatoms. The summed E-state index contributed by atoms with van der Waals surface area (Å²) in [6, 6.07) is 2.82. The lowest BCUT2D eigenvalue weighted by molar-refractivity contribution is -0.144. The molecule has 0 spiro atoms. The van der Waals surface area contributed by atoms with Crippen molar-refractivity contribution in [3.63, 3.8) is 0 Å². The molecular weight excluding hydrogens is 393 g/mol. The summed E-state index contributed by atoms with van der Waals surface area (Å²) in [5.74, 6) is -0.737. The first kappa shape index (κ1) is 18.8. The van der Waals surface area contributed by atoms with Crippen molar-refractivity contribution in [3.05, 3.63) is 61.6 Å². The monoisotopic (exact) mass is 402 g/mol. The maximum Gasteiger partial charge on any atom is 0.431 e. The Labute approximate surface area is 153 Å². The molecule has 0 N–H and O–H groups in total. The smallest absolute Gasteiger partial charge is 0.431 e. The highest BCUT2D eigenvalue weighted by Crippen LogP contribution is 2.32. The van der Waals surface area contributed by atoms with Gasteiger partial charge in [-0.3, -0.25) is 9.36 Å². The zero-order valence-electron chi connectivity index (χ0n) is 13.8. The highest BCUT2D eigenvalue weighted by atomic mass is 35.5. The average Bonchev–Trinajstić information content (AvgIpc) is 3.01. The third kappa shape index (κ3) is 3.01. The van der Waals surface area contributed by atoms with Crippen molar-refractivity contribution in [2.75, 3.05) is 7.11 Å². The summed E-state index contributed by atoms with van der Waals surface area (Å²) in [6.07, 6.45) is -3.89. The number of fused-ring (bicyclic) bond motifs is 1. The molecule has 0 bridgehead atoms. The Morgan fingerprint density at radius 2 is 1.89 bits per heavy atom. The number of halogens is 4. The molecule has 0 aliphatic heterocycles. The topological polar surface area (TPSA) is 83.4 Å². The largest absolute Gasteiger partial charge is 0.465 e. The van der Waals surface area contributed by atoms with Gasteiger partial charge in [0.15, 0.2) is 5.58 Å². The highest BCUT2D eigenvalue weighted by molar-refractivity contribution is 6.35. The fourth-order valence-electron chi connectivity index (χ4n) is 2.61. The number of aromatic nitrogens is 2. The van der Waals surface area contributed by atoms with Gasteiger partial charge in [-0.25, -0.2) is 14.2 Å². The molecule has 0 amide bonds. The van der Waals surface area contributed by atoms with Crippen molar-refractivity contribution in [1.82, 2.24) is 9.13 Å². The summed E-state index contributed by atoms with van der Waals surface area (Å²) in [6.45, 7) is 0. The lowest BCUT2D eigenvalue weighted by Gasteiger charge is -2.13. The van der Waals surface area contributed by atoms with Gasteiger partial charge in [0.2, 0.25) is 0 Å². The van der Waals surface area contributed by atoms with Gasteiger partial charge in [-0.1, -0.05) is 11.6 Å². The van der Waals surface area contributed by atoms with E-state index in [1.165, 1.54) is 12.1 Å². The van der Waals surface area contributed by atoms with Gasteiger partial charge in [-0.2, -0.15) is 13.2 Å². The average molecular weight is 403 g/mol. The van der Waals surface area contributed by atoms with E-state index in [1.54, 1.807) is 0 Å². The van der Waals surface area contributed by atoms with E-state index in [2.05, 4.69) is 4.74 Å². The number of furan rings is 1. The van der Waals surface area contributed by atoms with E-state index < -0.39 is 29.1 Å². The lowest BCUT2D eigenvalue weighted by atomic mass is 10.1. The molecule has 0 atom stereocenters. The van der Waals surface area contributed by atoms with Crippen LogP contribution in [0, 0.1) is 0 Å². The van der Waals surface area contributed by atoms with Crippen LogP contribution in [0.25, 0.3) is 16.7 Å². The molecule has 0 radical (unpaired) electrons. The van der Waals surface area contributed by atoms with Crippen LogP contribution < -0.4 is 11.2 Å². The summed E-state index contributed by atoms with van der Waals surface area (Å²) in [7, 11) is 2.03. The molecule has 3 aromatic rings. The SMILES string of the molecule is COC(=O)c1cc(Cl)c2occ(-n3c(=O)cc(C(F)(F)F)n(C)c3=O)c2c1. The Hall–Kier alpha value is -3.01. The van der Waals surface area contributed by atoms with Crippen molar-refractivity contribution in [3.8, 4) is 5.69 Å². The number of hydrogen-bond acceptors (Lipinski definition) is 5. The number of methoxy groups -OCH3 is 1. The van der Waals surface area contributed by atoms with Crippen molar-refractivity contribution < 1.29 is 27.1 Å². The second-order valence-electron chi connectivity index (χ2n) is 5.49. The molecule has 1 aromatic carbocycles. The molecule has 142 valence electrons. The van der Waals surface area contributed by atoms with Gasteiger partial charge in [0, 0.05) is 18.5 Å². The molecule has 0 fully saturated rings. The van der Waals surface area contributed by atoms with E-state index in [4.69, 9.17) is 16.0 Å². The second kappa shape index (κ2) is 6.31. The molecule has 27 heavy (non-hydrogen) atoms. The van der Waals surface area contributed by atoms with E-state index in [9.17, 15) is 27.6 Å². The molecule has 2 heterocycles. The van der Waals surface area contributed by atoms with E-state index in [-0.39, 0.29) is 27.2 Å². The number of ether oxygens (including phenoxy) is 1. The minimum absolute atomic E-state index is 0.00376. The fourth-order valence-corrected chi connectivity index (χ4v) is 2.87. The first-order chi connectivity index (χ1) is 12.6. The van der Waals surface area contributed by atoms with Crippen molar-refractivity contribution in [2.45, 2.75) is 6.18 Å². The van der Waals surface area contributed by atoms with Gasteiger partial charge in [0.05, 0.1) is 17.7 Å². The number of carbonyl (C=O) groups excluding carboxylic acids is 1. The van der Waals surface area contributed by atoms with E-state index in [1.807, 2.05) is 0 Å². The minimum atomic E-state index is -4.88. The Morgan fingerprint density at radius 3 is 2.48 bits per heavy atom. The van der Waals surface area contributed by atoms with Crippen LogP contribution in [0.2, 0.25) is 5.02 Å².